The molecule has 0 fully saturated rings. The van der Waals surface area contributed by atoms with Crippen LogP contribution in [0.15, 0.2) is 24.8 Å². The van der Waals surface area contributed by atoms with Crippen molar-refractivity contribution in [1.82, 2.24) is 4.98 Å². The Kier molecular flexibility index (Phi) is 3.19. The van der Waals surface area contributed by atoms with Crippen LogP contribution < -0.4 is 4.74 Å². The van der Waals surface area contributed by atoms with Gasteiger partial charge in [-0.15, -0.1) is 0 Å². The summed E-state index contributed by atoms with van der Waals surface area (Å²) in [5.41, 5.74) is 1.32. The van der Waals surface area contributed by atoms with Crippen LogP contribution in [0.1, 0.15) is 24.5 Å². The fourth-order valence-corrected chi connectivity index (χ4v) is 1.95. The monoisotopic (exact) mass is 237 g/mol. The van der Waals surface area contributed by atoms with E-state index in [2.05, 4.69) is 4.98 Å². The first-order valence-electron chi connectivity index (χ1n) is 5.41. The van der Waals surface area contributed by atoms with Crippen LogP contribution >= 0.6 is 0 Å². The van der Waals surface area contributed by atoms with E-state index in [4.69, 9.17) is 14.2 Å². The van der Waals surface area contributed by atoms with E-state index < -0.39 is 5.79 Å². The molecule has 92 valence electrons. The van der Waals surface area contributed by atoms with E-state index in [1.54, 1.807) is 12.3 Å². The Labute approximate surface area is 99.6 Å². The van der Waals surface area contributed by atoms with Crippen LogP contribution in [0.25, 0.3) is 0 Å². The van der Waals surface area contributed by atoms with Crippen LogP contribution in [0.4, 0.5) is 0 Å². The van der Waals surface area contributed by atoms with E-state index in [9.17, 15) is 5.11 Å². The SMILES string of the molecule is CCC1(c2ccnc(OC)c2CO)OC=CO1. The summed E-state index contributed by atoms with van der Waals surface area (Å²) in [5, 5.41) is 9.45. The average molecular weight is 237 g/mol. The van der Waals surface area contributed by atoms with E-state index >= 15 is 0 Å². The van der Waals surface area contributed by atoms with Gasteiger partial charge in [-0.25, -0.2) is 4.98 Å². The molecular formula is C12H15NO4. The molecule has 2 rings (SSSR count). The lowest BCUT2D eigenvalue weighted by molar-refractivity contribution is -0.152. The van der Waals surface area contributed by atoms with E-state index in [0.29, 0.717) is 17.9 Å². The van der Waals surface area contributed by atoms with Gasteiger partial charge in [-0.05, 0) is 6.07 Å². The standard InChI is InChI=1S/C12H15NO4/c1-3-12(16-6-7-17-12)10-4-5-13-11(15-2)9(10)8-14/h4-7,14H,3,8H2,1-2H3. The highest BCUT2D eigenvalue weighted by Crippen LogP contribution is 2.39. The average Bonchev–Trinajstić information content (AvgIpc) is 2.87. The van der Waals surface area contributed by atoms with Gasteiger partial charge in [-0.2, -0.15) is 0 Å². The summed E-state index contributed by atoms with van der Waals surface area (Å²) >= 11 is 0. The quantitative estimate of drug-likeness (QED) is 0.863. The summed E-state index contributed by atoms with van der Waals surface area (Å²) in [6.07, 6.45) is 5.21. The number of rotatable bonds is 4. The molecule has 0 aliphatic carbocycles. The lowest BCUT2D eigenvalue weighted by atomic mass is 9.99. The third-order valence-electron chi connectivity index (χ3n) is 2.82. The third kappa shape index (κ3) is 1.82. The van der Waals surface area contributed by atoms with Crippen LogP contribution in [-0.4, -0.2) is 17.2 Å². The second-order valence-corrected chi connectivity index (χ2v) is 3.62. The van der Waals surface area contributed by atoms with Gasteiger partial charge in [0.25, 0.3) is 5.79 Å². The van der Waals surface area contributed by atoms with E-state index in [1.807, 2.05) is 6.92 Å². The number of methoxy groups -OCH3 is 1. The summed E-state index contributed by atoms with van der Waals surface area (Å²) in [6.45, 7) is 1.77. The Bertz CT molecular complexity index is 423. The summed E-state index contributed by atoms with van der Waals surface area (Å²) < 4.78 is 16.2. The van der Waals surface area contributed by atoms with Crippen molar-refractivity contribution in [1.29, 1.82) is 0 Å². The number of hydrogen-bond acceptors (Lipinski definition) is 5. The number of nitrogens with zero attached hydrogens (tertiary/aromatic N) is 1. The van der Waals surface area contributed by atoms with E-state index in [1.165, 1.54) is 19.6 Å². The first-order valence-corrected chi connectivity index (χ1v) is 5.41. The van der Waals surface area contributed by atoms with Gasteiger partial charge in [0.1, 0.15) is 12.5 Å². The highest BCUT2D eigenvalue weighted by molar-refractivity contribution is 5.37. The van der Waals surface area contributed by atoms with Crippen LogP contribution in [0.3, 0.4) is 0 Å². The Morgan fingerprint density at radius 1 is 1.41 bits per heavy atom. The molecule has 5 heteroatoms. The number of aromatic nitrogens is 1. The fraction of sp³-hybridized carbons (Fsp3) is 0.417. The van der Waals surface area contributed by atoms with Gasteiger partial charge in [0.15, 0.2) is 0 Å². The molecule has 0 aromatic carbocycles. The molecule has 1 aliphatic heterocycles. The van der Waals surface area contributed by atoms with Crippen molar-refractivity contribution < 1.29 is 19.3 Å². The zero-order valence-electron chi connectivity index (χ0n) is 9.84. The predicted molar refractivity (Wildman–Crippen MR) is 60.0 cm³/mol. The summed E-state index contributed by atoms with van der Waals surface area (Å²) in [4.78, 5) is 4.05. The molecule has 1 aromatic heterocycles. The van der Waals surface area contributed by atoms with Crippen molar-refractivity contribution in [3.63, 3.8) is 0 Å². The van der Waals surface area contributed by atoms with Crippen molar-refractivity contribution in [2.24, 2.45) is 0 Å². The first-order chi connectivity index (χ1) is 8.27. The number of aliphatic hydroxyl groups is 1. The van der Waals surface area contributed by atoms with Crippen molar-refractivity contribution >= 4 is 0 Å². The molecular weight excluding hydrogens is 222 g/mol. The fourth-order valence-electron chi connectivity index (χ4n) is 1.95. The highest BCUT2D eigenvalue weighted by atomic mass is 16.7. The Hall–Kier alpha value is -1.75. The second kappa shape index (κ2) is 4.63. The van der Waals surface area contributed by atoms with Gasteiger partial charge in [-0.1, -0.05) is 6.92 Å². The summed E-state index contributed by atoms with van der Waals surface area (Å²) in [5.74, 6) is -0.495. The molecule has 1 aromatic rings. The minimum Gasteiger partial charge on any atom is -0.481 e. The smallest absolute Gasteiger partial charge is 0.277 e. The predicted octanol–water partition coefficient (Wildman–Crippen LogP) is 1.66. The Balaban J connectivity index is 2.50. The molecule has 0 saturated carbocycles. The highest BCUT2D eigenvalue weighted by Gasteiger charge is 2.39. The molecule has 0 radical (unpaired) electrons. The zero-order chi connectivity index (χ0) is 12.3. The number of ether oxygens (including phenoxy) is 3. The molecule has 1 aliphatic rings. The molecule has 0 atom stereocenters. The topological polar surface area (TPSA) is 60.8 Å². The van der Waals surface area contributed by atoms with Crippen molar-refractivity contribution in [3.05, 3.63) is 35.9 Å². The summed E-state index contributed by atoms with van der Waals surface area (Å²) in [6, 6.07) is 1.77. The van der Waals surface area contributed by atoms with Gasteiger partial charge in [0, 0.05) is 18.2 Å². The molecule has 17 heavy (non-hydrogen) atoms. The van der Waals surface area contributed by atoms with Gasteiger partial charge in [0.05, 0.1) is 19.3 Å². The van der Waals surface area contributed by atoms with Crippen LogP contribution in [-0.2, 0) is 21.9 Å². The van der Waals surface area contributed by atoms with E-state index in [0.717, 1.165) is 5.56 Å². The lowest BCUT2D eigenvalue weighted by Crippen LogP contribution is -2.28. The normalized spacial score (nSPS) is 16.4. The lowest BCUT2D eigenvalue weighted by Gasteiger charge is -2.28. The minimum absolute atomic E-state index is 0.180. The Morgan fingerprint density at radius 2 is 2.12 bits per heavy atom. The molecule has 2 heterocycles. The van der Waals surface area contributed by atoms with Crippen LogP contribution in [0.5, 0.6) is 5.88 Å². The van der Waals surface area contributed by atoms with Crippen molar-refractivity contribution in [3.8, 4) is 5.88 Å². The Morgan fingerprint density at radius 3 is 2.65 bits per heavy atom. The molecule has 0 unspecified atom stereocenters. The van der Waals surface area contributed by atoms with E-state index in [-0.39, 0.29) is 6.61 Å². The number of pyridine rings is 1. The van der Waals surface area contributed by atoms with Crippen molar-refractivity contribution in [2.45, 2.75) is 25.7 Å². The van der Waals surface area contributed by atoms with Gasteiger partial charge in [0.2, 0.25) is 5.88 Å². The second-order valence-electron chi connectivity index (χ2n) is 3.62. The molecule has 0 saturated heterocycles. The van der Waals surface area contributed by atoms with Gasteiger partial charge >= 0.3 is 0 Å². The zero-order valence-corrected chi connectivity index (χ0v) is 9.84. The van der Waals surface area contributed by atoms with Gasteiger partial charge < -0.3 is 19.3 Å². The van der Waals surface area contributed by atoms with Crippen molar-refractivity contribution in [2.75, 3.05) is 7.11 Å². The molecule has 1 N–H and O–H groups in total. The summed E-state index contributed by atoms with van der Waals surface area (Å²) in [7, 11) is 1.51. The minimum atomic E-state index is -0.881. The third-order valence-corrected chi connectivity index (χ3v) is 2.82. The maximum Gasteiger partial charge on any atom is 0.277 e. The largest absolute Gasteiger partial charge is 0.481 e. The maximum atomic E-state index is 9.45. The van der Waals surface area contributed by atoms with Gasteiger partial charge in [-0.3, -0.25) is 0 Å². The number of aliphatic hydroxyl groups excluding tert-OH is 1. The first kappa shape index (κ1) is 11.7. The van der Waals surface area contributed by atoms with Crippen LogP contribution in [0, 0.1) is 0 Å². The maximum absolute atomic E-state index is 9.45. The molecule has 0 bridgehead atoms. The van der Waals surface area contributed by atoms with Crippen LogP contribution in [0.2, 0.25) is 0 Å². The molecule has 0 amide bonds. The number of hydrogen-bond donors (Lipinski definition) is 1. The molecule has 5 nitrogen and oxygen atoms in total. The molecule has 0 spiro atoms.